The van der Waals surface area contributed by atoms with E-state index in [1.807, 2.05) is 13.8 Å². The van der Waals surface area contributed by atoms with Crippen LogP contribution in [0.4, 0.5) is 0 Å². The molecule has 7 nitrogen and oxygen atoms in total. The summed E-state index contributed by atoms with van der Waals surface area (Å²) >= 11 is 0. The highest BCUT2D eigenvalue weighted by atomic mass is 32.2. The molecule has 128 valence electrons. The minimum atomic E-state index is -3.79. The van der Waals surface area contributed by atoms with Gasteiger partial charge in [0, 0.05) is 7.05 Å². The maximum absolute atomic E-state index is 12.3. The minimum absolute atomic E-state index is 0.0762. The molecule has 0 saturated carbocycles. The summed E-state index contributed by atoms with van der Waals surface area (Å²) in [6.45, 7) is 3.24. The Morgan fingerprint density at radius 1 is 1.22 bits per heavy atom. The van der Waals surface area contributed by atoms with E-state index in [1.165, 1.54) is 19.2 Å². The summed E-state index contributed by atoms with van der Waals surface area (Å²) in [5, 5.41) is 11.5. The highest BCUT2D eigenvalue weighted by Crippen LogP contribution is 2.13. The zero-order valence-electron chi connectivity index (χ0n) is 13.4. The Labute approximate surface area is 136 Å². The van der Waals surface area contributed by atoms with Gasteiger partial charge in [-0.2, -0.15) is 4.31 Å². The van der Waals surface area contributed by atoms with Crippen LogP contribution in [0, 0.1) is 5.92 Å². The van der Waals surface area contributed by atoms with E-state index in [-0.39, 0.29) is 17.2 Å². The molecule has 0 aliphatic heterocycles. The van der Waals surface area contributed by atoms with Crippen molar-refractivity contribution in [1.82, 2.24) is 9.62 Å². The molecular weight excluding hydrogens is 320 g/mol. The second-order valence-electron chi connectivity index (χ2n) is 5.66. The lowest BCUT2D eigenvalue weighted by atomic mass is 10.0. The van der Waals surface area contributed by atoms with E-state index in [9.17, 15) is 18.0 Å². The van der Waals surface area contributed by atoms with Gasteiger partial charge in [-0.15, -0.1) is 0 Å². The molecule has 0 aliphatic carbocycles. The van der Waals surface area contributed by atoms with Crippen molar-refractivity contribution in [2.75, 3.05) is 13.6 Å². The number of likely N-dealkylation sites (N-methyl/N-ethyl adjacent to an activating group) is 1. The minimum Gasteiger partial charge on any atom is -0.480 e. The molecule has 0 radical (unpaired) electrons. The Morgan fingerprint density at radius 3 is 2.26 bits per heavy atom. The van der Waals surface area contributed by atoms with Crippen molar-refractivity contribution in [3.05, 3.63) is 30.3 Å². The molecule has 1 aromatic rings. The molecule has 0 aromatic heterocycles. The number of carbonyl (C=O) groups excluding carboxylic acids is 1. The van der Waals surface area contributed by atoms with Crippen LogP contribution in [-0.2, 0) is 19.6 Å². The fourth-order valence-electron chi connectivity index (χ4n) is 1.99. The number of nitrogens with zero attached hydrogens (tertiary/aromatic N) is 1. The van der Waals surface area contributed by atoms with Gasteiger partial charge < -0.3 is 10.4 Å². The van der Waals surface area contributed by atoms with Crippen LogP contribution in [0.2, 0.25) is 0 Å². The smallest absolute Gasteiger partial charge is 0.326 e. The number of sulfonamides is 1. The number of aliphatic carboxylic acids is 1. The Balaban J connectivity index is 2.74. The maximum atomic E-state index is 12.3. The lowest BCUT2D eigenvalue weighted by molar-refractivity contribution is -0.142. The van der Waals surface area contributed by atoms with Gasteiger partial charge in [0.05, 0.1) is 11.4 Å². The van der Waals surface area contributed by atoms with Crippen LogP contribution in [0.5, 0.6) is 0 Å². The summed E-state index contributed by atoms with van der Waals surface area (Å²) in [7, 11) is -2.51. The van der Waals surface area contributed by atoms with Gasteiger partial charge in [0.25, 0.3) is 0 Å². The van der Waals surface area contributed by atoms with E-state index in [0.717, 1.165) is 4.31 Å². The fourth-order valence-corrected chi connectivity index (χ4v) is 3.14. The van der Waals surface area contributed by atoms with E-state index in [4.69, 9.17) is 5.11 Å². The summed E-state index contributed by atoms with van der Waals surface area (Å²) < 4.78 is 25.5. The zero-order chi connectivity index (χ0) is 17.6. The number of hydrogen-bond acceptors (Lipinski definition) is 4. The van der Waals surface area contributed by atoms with Gasteiger partial charge in [0.2, 0.25) is 15.9 Å². The van der Waals surface area contributed by atoms with Gasteiger partial charge >= 0.3 is 5.97 Å². The van der Waals surface area contributed by atoms with Crippen molar-refractivity contribution in [3.63, 3.8) is 0 Å². The van der Waals surface area contributed by atoms with Crippen molar-refractivity contribution >= 4 is 21.9 Å². The van der Waals surface area contributed by atoms with Gasteiger partial charge in [-0.3, -0.25) is 4.79 Å². The monoisotopic (exact) mass is 342 g/mol. The number of carbonyl (C=O) groups is 2. The average molecular weight is 342 g/mol. The number of benzene rings is 1. The van der Waals surface area contributed by atoms with Gasteiger partial charge in [-0.1, -0.05) is 32.0 Å². The van der Waals surface area contributed by atoms with Crippen LogP contribution >= 0.6 is 0 Å². The Bertz CT molecular complexity index is 643. The number of rotatable bonds is 8. The van der Waals surface area contributed by atoms with Crippen LogP contribution in [0.15, 0.2) is 35.2 Å². The quantitative estimate of drug-likeness (QED) is 0.731. The standard InChI is InChI=1S/C15H22N2O5S/c1-11(2)9-13(15(19)20)16-14(18)10-17(3)23(21,22)12-7-5-4-6-8-12/h4-8,11,13H,9-10H2,1-3H3,(H,16,18)(H,19,20)/t13-/m0/s1. The predicted molar refractivity (Wildman–Crippen MR) is 85.3 cm³/mol. The van der Waals surface area contributed by atoms with Crippen LogP contribution < -0.4 is 5.32 Å². The second kappa shape index (κ2) is 8.07. The summed E-state index contributed by atoms with van der Waals surface area (Å²) in [6.07, 6.45) is 0.274. The highest BCUT2D eigenvalue weighted by molar-refractivity contribution is 7.89. The normalized spacial score (nSPS) is 13.1. The molecular formula is C15H22N2O5S. The third-order valence-corrected chi connectivity index (χ3v) is 4.98. The van der Waals surface area contributed by atoms with Gasteiger partial charge in [0.15, 0.2) is 0 Å². The summed E-state index contributed by atoms with van der Waals surface area (Å²) in [5.74, 6) is -1.71. The van der Waals surface area contributed by atoms with Gasteiger partial charge in [-0.05, 0) is 24.5 Å². The molecule has 8 heteroatoms. The molecule has 0 heterocycles. The first-order chi connectivity index (χ1) is 10.6. The first-order valence-corrected chi connectivity index (χ1v) is 8.62. The van der Waals surface area contributed by atoms with E-state index in [2.05, 4.69) is 5.32 Å². The van der Waals surface area contributed by atoms with Crippen molar-refractivity contribution < 1.29 is 23.1 Å². The Hall–Kier alpha value is -1.93. The van der Waals surface area contributed by atoms with Gasteiger partial charge in [-0.25, -0.2) is 13.2 Å². The average Bonchev–Trinajstić information content (AvgIpc) is 2.46. The lowest BCUT2D eigenvalue weighted by Crippen LogP contribution is -2.46. The molecule has 23 heavy (non-hydrogen) atoms. The molecule has 2 N–H and O–H groups in total. The predicted octanol–water partition coefficient (Wildman–Crippen LogP) is 0.923. The molecule has 0 fully saturated rings. The molecule has 1 aromatic carbocycles. The van der Waals surface area contributed by atoms with Crippen molar-refractivity contribution in [1.29, 1.82) is 0 Å². The Kier molecular flexibility index (Phi) is 6.71. The molecule has 0 saturated heterocycles. The number of hydrogen-bond donors (Lipinski definition) is 2. The number of nitrogens with one attached hydrogen (secondary N) is 1. The van der Waals surface area contributed by atoms with Crippen LogP contribution in [-0.4, -0.2) is 49.3 Å². The summed E-state index contributed by atoms with van der Waals surface area (Å²) in [4.78, 5) is 23.2. The molecule has 0 spiro atoms. The third kappa shape index (κ3) is 5.65. The van der Waals surface area contributed by atoms with E-state index in [1.54, 1.807) is 18.2 Å². The van der Waals surface area contributed by atoms with Crippen molar-refractivity contribution in [3.8, 4) is 0 Å². The van der Waals surface area contributed by atoms with E-state index in [0.29, 0.717) is 0 Å². The zero-order valence-corrected chi connectivity index (χ0v) is 14.2. The third-order valence-electron chi connectivity index (χ3n) is 3.16. The van der Waals surface area contributed by atoms with E-state index < -0.39 is 34.5 Å². The second-order valence-corrected chi connectivity index (χ2v) is 7.71. The molecule has 1 rings (SSSR count). The molecule has 1 amide bonds. The lowest BCUT2D eigenvalue weighted by Gasteiger charge is -2.20. The van der Waals surface area contributed by atoms with Crippen LogP contribution in [0.25, 0.3) is 0 Å². The number of amides is 1. The van der Waals surface area contributed by atoms with Gasteiger partial charge in [0.1, 0.15) is 6.04 Å². The first-order valence-electron chi connectivity index (χ1n) is 7.18. The molecule has 0 unspecified atom stereocenters. The summed E-state index contributed by atoms with van der Waals surface area (Å²) in [6, 6.07) is 6.70. The van der Waals surface area contributed by atoms with E-state index >= 15 is 0 Å². The van der Waals surface area contributed by atoms with Crippen molar-refractivity contribution in [2.45, 2.75) is 31.2 Å². The fraction of sp³-hybridized carbons (Fsp3) is 0.467. The molecule has 0 bridgehead atoms. The Morgan fingerprint density at radius 2 is 1.78 bits per heavy atom. The molecule has 0 aliphatic rings. The van der Waals surface area contributed by atoms with Crippen LogP contribution in [0.1, 0.15) is 20.3 Å². The largest absolute Gasteiger partial charge is 0.480 e. The molecule has 1 atom stereocenters. The SMILES string of the molecule is CC(C)C[C@H](NC(=O)CN(C)S(=O)(=O)c1ccccc1)C(=O)O. The van der Waals surface area contributed by atoms with Crippen LogP contribution in [0.3, 0.4) is 0 Å². The maximum Gasteiger partial charge on any atom is 0.326 e. The topological polar surface area (TPSA) is 104 Å². The number of carboxylic acid groups (broad SMARTS) is 1. The summed E-state index contributed by atoms with van der Waals surface area (Å²) in [5.41, 5.74) is 0. The first kappa shape index (κ1) is 19.1. The number of carboxylic acids is 1. The highest BCUT2D eigenvalue weighted by Gasteiger charge is 2.26. The van der Waals surface area contributed by atoms with Crippen molar-refractivity contribution in [2.24, 2.45) is 5.92 Å².